The number of hydrogen-bond acceptors (Lipinski definition) is 15. The molecule has 0 saturated carbocycles. The fourth-order valence-corrected chi connectivity index (χ4v) is 7.41. The molecule has 21 heteroatoms. The average Bonchev–Trinajstić information content (AvgIpc) is 3.34. The third-order valence-corrected chi connectivity index (χ3v) is 13.0. The molecule has 0 saturated heterocycles. The minimum absolute atomic E-state index is 0.0598. The van der Waals surface area contributed by atoms with Crippen molar-refractivity contribution in [3.05, 3.63) is 0 Å². The zero-order valence-electron chi connectivity index (χ0n) is 46.6. The molecule has 0 radical (unpaired) electrons. The molecule has 0 aliphatic rings. The van der Waals surface area contributed by atoms with E-state index in [1.807, 2.05) is 70.5 Å². The third kappa shape index (κ3) is 33.2. The Morgan fingerprint density at radius 1 is 0.257 bits per heavy atom. The fourth-order valence-electron chi connectivity index (χ4n) is 7.41. The van der Waals surface area contributed by atoms with Crippen molar-refractivity contribution in [2.24, 2.45) is 0 Å². The SMILES string of the molecule is CNCCN(C)C(=O)CCN(CCC(=O)N(C)CCNC)CCN(C)C(=O)CCN(C)CCCN(C)CCCN(C)CCC(=O)N(C)CCN(CCC(=O)N(C)CCNC)CCC(=O)N(C)CCNC. The molecule has 0 fully saturated rings. The van der Waals surface area contributed by atoms with Crippen molar-refractivity contribution >= 4 is 35.4 Å². The highest BCUT2D eigenvalue weighted by Crippen LogP contribution is 2.05. The van der Waals surface area contributed by atoms with Crippen LogP contribution in [0.3, 0.4) is 0 Å². The molecule has 70 heavy (non-hydrogen) atoms. The summed E-state index contributed by atoms with van der Waals surface area (Å²) >= 11 is 0. The van der Waals surface area contributed by atoms with Crippen LogP contribution < -0.4 is 21.3 Å². The van der Waals surface area contributed by atoms with Gasteiger partial charge in [0.25, 0.3) is 0 Å². The zero-order valence-corrected chi connectivity index (χ0v) is 46.6. The molecule has 0 rings (SSSR count). The van der Waals surface area contributed by atoms with Gasteiger partial charge < -0.3 is 75.2 Å². The molecule has 0 aliphatic heterocycles. The summed E-state index contributed by atoms with van der Waals surface area (Å²) in [4.78, 5) is 98.8. The lowest BCUT2D eigenvalue weighted by Gasteiger charge is -2.27. The van der Waals surface area contributed by atoms with Gasteiger partial charge in [0.05, 0.1) is 0 Å². The topological polar surface area (TPSA) is 186 Å². The Bertz CT molecular complexity index is 1270. The number of rotatable bonds is 44. The molecule has 0 aromatic heterocycles. The summed E-state index contributed by atoms with van der Waals surface area (Å²) in [7, 11) is 24.6. The Morgan fingerprint density at radius 2 is 0.457 bits per heavy atom. The van der Waals surface area contributed by atoms with Crippen molar-refractivity contribution in [1.29, 1.82) is 0 Å². The van der Waals surface area contributed by atoms with E-state index in [0.717, 1.165) is 65.2 Å². The molecule has 6 amide bonds. The molecule has 0 aromatic carbocycles. The minimum Gasteiger partial charge on any atom is -0.344 e. The highest BCUT2D eigenvalue weighted by molar-refractivity contribution is 5.78. The van der Waals surface area contributed by atoms with Crippen LogP contribution in [0.1, 0.15) is 51.4 Å². The first-order valence-electron chi connectivity index (χ1n) is 25.8. The fraction of sp³-hybridized carbons (Fsp3) is 0.878. The molecule has 0 atom stereocenters. The Labute approximate surface area is 425 Å². The largest absolute Gasteiger partial charge is 0.344 e. The maximum Gasteiger partial charge on any atom is 0.223 e. The van der Waals surface area contributed by atoms with E-state index in [9.17, 15) is 28.8 Å². The lowest BCUT2D eigenvalue weighted by Crippen LogP contribution is -2.41. The van der Waals surface area contributed by atoms with Gasteiger partial charge in [-0.3, -0.25) is 28.8 Å². The lowest BCUT2D eigenvalue weighted by atomic mass is 10.2. The van der Waals surface area contributed by atoms with Crippen LogP contribution in [0, 0.1) is 0 Å². The molecule has 0 heterocycles. The van der Waals surface area contributed by atoms with Gasteiger partial charge in [0, 0.05) is 199 Å². The number of nitrogens with one attached hydrogen (secondary N) is 4. The standard InChI is InChI=1S/C49H103N15O6/c1-50-22-36-57(8)46(67)18-32-63(33-19-47(68)58(9)37-23-51-2)42-40-61(12)44(65)16-30-55(6)28-14-26-54(5)27-15-29-56(7)31-17-45(66)62(13)41-43-64(34-20-48(69)59(10)38-24-52-3)35-21-49(70)60(11)39-25-53-4/h50-53H,14-43H2,1-13H3. The second kappa shape index (κ2) is 41.0. The summed E-state index contributed by atoms with van der Waals surface area (Å²) in [5.41, 5.74) is 0. The van der Waals surface area contributed by atoms with Crippen LogP contribution in [0.15, 0.2) is 0 Å². The van der Waals surface area contributed by atoms with E-state index in [0.29, 0.717) is 130 Å². The summed E-state index contributed by atoms with van der Waals surface area (Å²) in [5, 5.41) is 12.3. The maximum atomic E-state index is 13.1. The van der Waals surface area contributed by atoms with Gasteiger partial charge >= 0.3 is 0 Å². The van der Waals surface area contributed by atoms with Crippen molar-refractivity contribution in [2.75, 3.05) is 236 Å². The van der Waals surface area contributed by atoms with Gasteiger partial charge in [-0.25, -0.2) is 0 Å². The van der Waals surface area contributed by atoms with E-state index in [1.54, 1.807) is 29.4 Å². The predicted octanol–water partition coefficient (Wildman–Crippen LogP) is -1.87. The molecule has 0 aromatic rings. The number of carbonyl (C=O) groups is 6. The van der Waals surface area contributed by atoms with Gasteiger partial charge in [-0.05, 0) is 88.4 Å². The Balaban J connectivity index is 4.73. The van der Waals surface area contributed by atoms with Crippen LogP contribution in [-0.4, -0.2) is 325 Å². The van der Waals surface area contributed by atoms with E-state index in [-0.39, 0.29) is 35.4 Å². The smallest absolute Gasteiger partial charge is 0.223 e. The first-order chi connectivity index (χ1) is 33.3. The Hall–Kier alpha value is -3.54. The monoisotopic (exact) mass is 998 g/mol. The summed E-state index contributed by atoms with van der Waals surface area (Å²) < 4.78 is 0. The van der Waals surface area contributed by atoms with E-state index in [1.165, 1.54) is 0 Å². The Kier molecular flexibility index (Phi) is 38.9. The first kappa shape index (κ1) is 66.5. The Morgan fingerprint density at radius 3 is 0.686 bits per heavy atom. The number of nitrogens with zero attached hydrogens (tertiary/aromatic N) is 11. The van der Waals surface area contributed by atoms with E-state index >= 15 is 0 Å². The number of amides is 6. The van der Waals surface area contributed by atoms with Gasteiger partial charge in [0.2, 0.25) is 35.4 Å². The summed E-state index contributed by atoms with van der Waals surface area (Å²) in [6.07, 6.45) is 4.23. The van der Waals surface area contributed by atoms with Crippen molar-refractivity contribution in [1.82, 2.24) is 75.2 Å². The zero-order chi connectivity index (χ0) is 52.9. The van der Waals surface area contributed by atoms with E-state index in [4.69, 9.17) is 0 Å². The van der Waals surface area contributed by atoms with Crippen LogP contribution >= 0.6 is 0 Å². The molecular weight excluding hydrogens is 895 g/mol. The summed E-state index contributed by atoms with van der Waals surface area (Å²) in [6.45, 7) is 14.7. The molecule has 0 aliphatic carbocycles. The summed E-state index contributed by atoms with van der Waals surface area (Å²) in [6, 6.07) is 0. The van der Waals surface area contributed by atoms with Gasteiger partial charge in [-0.1, -0.05) is 0 Å². The van der Waals surface area contributed by atoms with Crippen molar-refractivity contribution in [3.63, 3.8) is 0 Å². The first-order valence-corrected chi connectivity index (χ1v) is 25.8. The summed E-state index contributed by atoms with van der Waals surface area (Å²) in [5.74, 6) is 0.392. The van der Waals surface area contributed by atoms with Gasteiger partial charge in [-0.15, -0.1) is 0 Å². The predicted molar refractivity (Wildman–Crippen MR) is 284 cm³/mol. The number of hydrogen-bond donors (Lipinski definition) is 4. The normalized spacial score (nSPS) is 11.6. The average molecular weight is 998 g/mol. The molecule has 21 nitrogen and oxygen atoms in total. The molecule has 4 N–H and O–H groups in total. The second-order valence-electron chi connectivity index (χ2n) is 19.1. The second-order valence-corrected chi connectivity index (χ2v) is 19.1. The molecule has 410 valence electrons. The van der Waals surface area contributed by atoms with Crippen LogP contribution in [0.4, 0.5) is 0 Å². The molecule has 0 unspecified atom stereocenters. The van der Waals surface area contributed by atoms with Crippen molar-refractivity contribution in [3.8, 4) is 0 Å². The maximum absolute atomic E-state index is 13.1. The van der Waals surface area contributed by atoms with E-state index in [2.05, 4.69) is 66.9 Å². The van der Waals surface area contributed by atoms with Crippen LogP contribution in [-0.2, 0) is 28.8 Å². The molecule has 0 bridgehead atoms. The number of likely N-dealkylation sites (N-methyl/N-ethyl adjacent to an activating group) is 10. The van der Waals surface area contributed by atoms with Crippen molar-refractivity contribution < 1.29 is 28.8 Å². The van der Waals surface area contributed by atoms with Gasteiger partial charge in [0.1, 0.15) is 0 Å². The molecule has 0 spiro atoms. The van der Waals surface area contributed by atoms with Crippen molar-refractivity contribution in [2.45, 2.75) is 51.4 Å². The lowest BCUT2D eigenvalue weighted by molar-refractivity contribution is -0.132. The minimum atomic E-state index is 0.0598. The molecular formula is C49H103N15O6. The van der Waals surface area contributed by atoms with Crippen LogP contribution in [0.2, 0.25) is 0 Å². The third-order valence-electron chi connectivity index (χ3n) is 13.0. The van der Waals surface area contributed by atoms with E-state index < -0.39 is 0 Å². The highest BCUT2D eigenvalue weighted by Gasteiger charge is 2.20. The van der Waals surface area contributed by atoms with Gasteiger partial charge in [0.15, 0.2) is 0 Å². The van der Waals surface area contributed by atoms with Crippen LogP contribution in [0.25, 0.3) is 0 Å². The quantitative estimate of drug-likeness (QED) is 0.0533. The number of carbonyl (C=O) groups excluding carboxylic acids is 6. The van der Waals surface area contributed by atoms with Crippen LogP contribution in [0.5, 0.6) is 0 Å². The highest BCUT2D eigenvalue weighted by atomic mass is 16.2. The van der Waals surface area contributed by atoms with Gasteiger partial charge in [-0.2, -0.15) is 0 Å².